The van der Waals surface area contributed by atoms with Crippen molar-refractivity contribution >= 4 is 17.1 Å². The van der Waals surface area contributed by atoms with Gasteiger partial charge in [0, 0.05) is 18.4 Å². The zero-order chi connectivity index (χ0) is 24.2. The number of hydrogen-bond donors (Lipinski definition) is 1. The van der Waals surface area contributed by atoms with Crippen LogP contribution in [0.5, 0.6) is 0 Å². The van der Waals surface area contributed by atoms with Gasteiger partial charge in [-0.2, -0.15) is 26.3 Å². The minimum Gasteiger partial charge on any atom is -0.323 e. The molecule has 0 amide bonds. The van der Waals surface area contributed by atoms with E-state index < -0.39 is 29.5 Å². The zero-order valence-corrected chi connectivity index (χ0v) is 18.1. The Kier molecular flexibility index (Phi) is 7.59. The molecule has 0 aliphatic heterocycles. The standard InChI is InChI=1S/C25H21F6NS/c26-24(27,28)19-11-16(12-20(14-19)25(29,30)31)13-21(33)15-22(17-7-3-1-4-8-17)23(32)18-9-5-2-6-10-18/h1-12,14,22-23H,13,15,32H2/t22-,23-/m0/s1. The minimum atomic E-state index is -4.90. The molecule has 33 heavy (non-hydrogen) atoms. The highest BCUT2D eigenvalue weighted by Gasteiger charge is 2.37. The van der Waals surface area contributed by atoms with E-state index >= 15 is 0 Å². The van der Waals surface area contributed by atoms with Crippen LogP contribution in [0.25, 0.3) is 0 Å². The van der Waals surface area contributed by atoms with E-state index in [1.54, 1.807) is 0 Å². The molecule has 0 saturated carbocycles. The fourth-order valence-electron chi connectivity index (χ4n) is 3.73. The van der Waals surface area contributed by atoms with Crippen molar-refractivity contribution in [3.8, 4) is 0 Å². The molecule has 0 unspecified atom stereocenters. The van der Waals surface area contributed by atoms with E-state index in [0.717, 1.165) is 23.3 Å². The summed E-state index contributed by atoms with van der Waals surface area (Å²) < 4.78 is 79.1. The molecule has 0 bridgehead atoms. The number of rotatable bonds is 7. The van der Waals surface area contributed by atoms with Gasteiger partial charge < -0.3 is 5.73 Å². The lowest BCUT2D eigenvalue weighted by atomic mass is 9.83. The van der Waals surface area contributed by atoms with Crippen molar-refractivity contribution in [2.24, 2.45) is 5.73 Å². The third kappa shape index (κ3) is 6.65. The maximum Gasteiger partial charge on any atom is 0.416 e. The molecule has 3 rings (SSSR count). The van der Waals surface area contributed by atoms with Gasteiger partial charge in [0.05, 0.1) is 11.1 Å². The van der Waals surface area contributed by atoms with Gasteiger partial charge in [-0.25, -0.2) is 0 Å². The third-order valence-corrected chi connectivity index (χ3v) is 5.65. The number of nitrogens with two attached hydrogens (primary N) is 1. The molecule has 174 valence electrons. The third-order valence-electron chi connectivity index (χ3n) is 5.34. The van der Waals surface area contributed by atoms with Crippen LogP contribution in [0.1, 0.15) is 46.2 Å². The Hall–Kier alpha value is -2.71. The number of hydrogen-bond acceptors (Lipinski definition) is 2. The molecule has 0 heterocycles. The van der Waals surface area contributed by atoms with Gasteiger partial charge in [-0.3, -0.25) is 0 Å². The number of thiocarbonyl (C=S) groups is 1. The molecule has 0 fully saturated rings. The molecule has 0 aliphatic rings. The average molecular weight is 482 g/mol. The van der Waals surface area contributed by atoms with E-state index in [2.05, 4.69) is 0 Å². The van der Waals surface area contributed by atoms with Gasteiger partial charge >= 0.3 is 12.4 Å². The van der Waals surface area contributed by atoms with Crippen LogP contribution in [0.3, 0.4) is 0 Å². The Morgan fingerprint density at radius 2 is 1.18 bits per heavy atom. The molecule has 1 nitrogen and oxygen atoms in total. The first kappa shape index (κ1) is 24.9. The van der Waals surface area contributed by atoms with Gasteiger partial charge in [0.25, 0.3) is 0 Å². The summed E-state index contributed by atoms with van der Waals surface area (Å²) in [7, 11) is 0. The largest absolute Gasteiger partial charge is 0.416 e. The van der Waals surface area contributed by atoms with E-state index in [1.165, 1.54) is 0 Å². The van der Waals surface area contributed by atoms with Crippen LogP contribution in [-0.4, -0.2) is 4.86 Å². The molecule has 0 aromatic heterocycles. The molecule has 0 aliphatic carbocycles. The van der Waals surface area contributed by atoms with Gasteiger partial charge in [-0.1, -0.05) is 72.9 Å². The summed E-state index contributed by atoms with van der Waals surface area (Å²) in [6.45, 7) is 0. The summed E-state index contributed by atoms with van der Waals surface area (Å²) in [5.74, 6) is -0.297. The fraction of sp³-hybridized carbons (Fsp3) is 0.240. The summed E-state index contributed by atoms with van der Waals surface area (Å²) in [5.41, 5.74) is 5.42. The Balaban J connectivity index is 1.89. The van der Waals surface area contributed by atoms with E-state index in [1.807, 2.05) is 60.7 Å². The molecule has 0 saturated heterocycles. The lowest BCUT2D eigenvalue weighted by Crippen LogP contribution is -2.22. The van der Waals surface area contributed by atoms with Gasteiger partial charge in [0.2, 0.25) is 0 Å². The van der Waals surface area contributed by atoms with E-state index in [0.29, 0.717) is 4.86 Å². The van der Waals surface area contributed by atoms with Crippen molar-refractivity contribution < 1.29 is 26.3 Å². The summed E-state index contributed by atoms with van der Waals surface area (Å²) in [5, 5.41) is 0. The molecule has 2 atom stereocenters. The van der Waals surface area contributed by atoms with E-state index in [-0.39, 0.29) is 30.4 Å². The summed E-state index contributed by atoms with van der Waals surface area (Å²) in [4.78, 5) is 0.322. The highest BCUT2D eigenvalue weighted by Crippen LogP contribution is 2.37. The van der Waals surface area contributed by atoms with Crippen molar-refractivity contribution in [2.75, 3.05) is 0 Å². The van der Waals surface area contributed by atoms with E-state index in [9.17, 15) is 26.3 Å². The fourth-order valence-corrected chi connectivity index (χ4v) is 4.07. The first-order chi connectivity index (χ1) is 15.4. The summed E-state index contributed by atoms with van der Waals surface area (Å²) >= 11 is 5.44. The Morgan fingerprint density at radius 3 is 1.64 bits per heavy atom. The van der Waals surface area contributed by atoms with Crippen molar-refractivity contribution in [3.63, 3.8) is 0 Å². The number of halogens is 6. The van der Waals surface area contributed by atoms with Crippen LogP contribution in [0.4, 0.5) is 26.3 Å². The maximum atomic E-state index is 13.2. The molecular formula is C25H21F6NS. The lowest BCUT2D eigenvalue weighted by molar-refractivity contribution is -0.143. The van der Waals surface area contributed by atoms with Crippen molar-refractivity contribution in [1.82, 2.24) is 0 Å². The van der Waals surface area contributed by atoms with Gasteiger partial charge in [-0.15, -0.1) is 0 Å². The topological polar surface area (TPSA) is 26.0 Å². The number of benzene rings is 3. The normalized spacial score (nSPS) is 14.0. The second-order valence-electron chi connectivity index (χ2n) is 7.79. The highest BCUT2D eigenvalue weighted by molar-refractivity contribution is 7.80. The highest BCUT2D eigenvalue weighted by atomic mass is 32.1. The molecule has 0 spiro atoms. The molecule has 2 N–H and O–H groups in total. The van der Waals surface area contributed by atoms with Gasteiger partial charge in [-0.05, 0) is 46.2 Å². The minimum absolute atomic E-state index is 0.116. The molecule has 3 aromatic carbocycles. The van der Waals surface area contributed by atoms with E-state index in [4.69, 9.17) is 18.0 Å². The van der Waals surface area contributed by atoms with Crippen LogP contribution < -0.4 is 5.73 Å². The van der Waals surface area contributed by atoms with Crippen LogP contribution in [0.2, 0.25) is 0 Å². The molecule has 0 radical (unpaired) electrons. The van der Waals surface area contributed by atoms with Crippen LogP contribution in [-0.2, 0) is 18.8 Å². The monoisotopic (exact) mass is 481 g/mol. The van der Waals surface area contributed by atoms with Gasteiger partial charge in [0.1, 0.15) is 0 Å². The average Bonchev–Trinajstić information content (AvgIpc) is 2.77. The second-order valence-corrected chi connectivity index (χ2v) is 8.36. The predicted molar refractivity (Wildman–Crippen MR) is 120 cm³/mol. The van der Waals surface area contributed by atoms with Crippen LogP contribution in [0.15, 0.2) is 78.9 Å². The predicted octanol–water partition coefficient (Wildman–Crippen LogP) is 7.51. The lowest BCUT2D eigenvalue weighted by Gasteiger charge is -2.25. The Morgan fingerprint density at radius 1 is 0.727 bits per heavy atom. The molecular weight excluding hydrogens is 460 g/mol. The Bertz CT molecular complexity index is 1050. The Labute approximate surface area is 193 Å². The maximum absolute atomic E-state index is 13.2. The number of alkyl halides is 6. The zero-order valence-electron chi connectivity index (χ0n) is 17.3. The smallest absolute Gasteiger partial charge is 0.323 e. The summed E-state index contributed by atoms with van der Waals surface area (Å²) in [6, 6.07) is 19.6. The second kappa shape index (κ2) is 10.1. The van der Waals surface area contributed by atoms with Crippen molar-refractivity contribution in [1.29, 1.82) is 0 Å². The molecule has 3 aromatic rings. The van der Waals surface area contributed by atoms with Crippen molar-refractivity contribution in [2.45, 2.75) is 37.2 Å². The van der Waals surface area contributed by atoms with Gasteiger partial charge in [0.15, 0.2) is 0 Å². The van der Waals surface area contributed by atoms with Crippen molar-refractivity contribution in [3.05, 3.63) is 107 Å². The SMILES string of the molecule is N[C@@H](c1ccccc1)[C@@H](CC(=S)Cc1cc(C(F)(F)F)cc(C(F)(F)F)c1)c1ccccc1. The summed E-state index contributed by atoms with van der Waals surface area (Å²) in [6.07, 6.45) is -9.78. The first-order valence-electron chi connectivity index (χ1n) is 10.1. The molecule has 8 heteroatoms. The quantitative estimate of drug-likeness (QED) is 0.279. The first-order valence-corrected chi connectivity index (χ1v) is 10.5. The van der Waals surface area contributed by atoms with Crippen LogP contribution in [0, 0.1) is 0 Å². The van der Waals surface area contributed by atoms with Crippen LogP contribution >= 0.6 is 12.2 Å².